The van der Waals surface area contributed by atoms with Gasteiger partial charge in [-0.2, -0.15) is 5.26 Å². The van der Waals surface area contributed by atoms with E-state index in [1.54, 1.807) is 19.1 Å². The summed E-state index contributed by atoms with van der Waals surface area (Å²) in [7, 11) is 0. The summed E-state index contributed by atoms with van der Waals surface area (Å²) in [5, 5.41) is 21.9. The van der Waals surface area contributed by atoms with Crippen LogP contribution in [0.25, 0.3) is 11.4 Å². The largest absolute Gasteiger partial charge is 0.337 e. The van der Waals surface area contributed by atoms with Crippen LogP contribution >= 0.6 is 23.4 Å². The number of benzene rings is 1. The van der Waals surface area contributed by atoms with E-state index in [9.17, 15) is 10.1 Å². The van der Waals surface area contributed by atoms with Crippen molar-refractivity contribution in [3.05, 3.63) is 29.3 Å². The van der Waals surface area contributed by atoms with Crippen molar-refractivity contribution in [2.24, 2.45) is 5.92 Å². The van der Waals surface area contributed by atoms with Gasteiger partial charge in [-0.15, -0.1) is 10.2 Å². The van der Waals surface area contributed by atoms with Crippen molar-refractivity contribution in [1.29, 1.82) is 5.26 Å². The number of nitrogens with zero attached hydrogens (tertiary/aromatic N) is 4. The molecular weight excluding hydrogens is 370 g/mol. The van der Waals surface area contributed by atoms with Crippen LogP contribution in [-0.2, 0) is 11.3 Å². The average molecular weight is 392 g/mol. The van der Waals surface area contributed by atoms with Gasteiger partial charge in [0.05, 0.1) is 11.8 Å². The molecule has 0 aliphatic heterocycles. The molecule has 138 valence electrons. The van der Waals surface area contributed by atoms with E-state index >= 15 is 0 Å². The SMILES string of the molecule is CCn1c(SCC(=O)N[C@](C)(C#N)C(C)C)nnc1-c1ccc(Cl)cc1. The molecule has 1 heterocycles. The molecule has 8 heteroatoms. The lowest BCUT2D eigenvalue weighted by atomic mass is 9.90. The zero-order chi connectivity index (χ0) is 19.3. The Balaban J connectivity index is 2.10. The highest BCUT2D eigenvalue weighted by molar-refractivity contribution is 7.99. The first-order chi connectivity index (χ1) is 12.3. The van der Waals surface area contributed by atoms with Crippen molar-refractivity contribution in [3.8, 4) is 17.5 Å². The molecule has 1 aromatic heterocycles. The Kier molecular flexibility index (Phi) is 6.68. The second kappa shape index (κ2) is 8.56. The fraction of sp³-hybridized carbons (Fsp3) is 0.444. The van der Waals surface area contributed by atoms with Crippen LogP contribution in [0.3, 0.4) is 0 Å². The summed E-state index contributed by atoms with van der Waals surface area (Å²) in [6.45, 7) is 8.22. The third kappa shape index (κ3) is 4.57. The lowest BCUT2D eigenvalue weighted by Crippen LogP contribution is -2.49. The van der Waals surface area contributed by atoms with Crippen LogP contribution < -0.4 is 5.32 Å². The Bertz CT molecular complexity index is 812. The normalized spacial score (nSPS) is 13.3. The lowest BCUT2D eigenvalue weighted by molar-refractivity contribution is -0.120. The van der Waals surface area contributed by atoms with E-state index in [1.165, 1.54) is 11.8 Å². The molecular formula is C18H22ClN5OS. The fourth-order valence-electron chi connectivity index (χ4n) is 2.25. The molecule has 1 N–H and O–H groups in total. The molecule has 2 aromatic rings. The Morgan fingerprint density at radius 2 is 2.04 bits per heavy atom. The zero-order valence-electron chi connectivity index (χ0n) is 15.3. The number of thioether (sulfide) groups is 1. The van der Waals surface area contributed by atoms with Crippen LogP contribution in [0.5, 0.6) is 0 Å². The van der Waals surface area contributed by atoms with Crippen LogP contribution in [-0.4, -0.2) is 32.0 Å². The summed E-state index contributed by atoms with van der Waals surface area (Å²) < 4.78 is 1.95. The van der Waals surface area contributed by atoms with E-state index in [4.69, 9.17) is 11.6 Å². The van der Waals surface area contributed by atoms with Crippen molar-refractivity contribution in [2.75, 3.05) is 5.75 Å². The predicted molar refractivity (Wildman–Crippen MR) is 104 cm³/mol. The first-order valence-electron chi connectivity index (χ1n) is 8.35. The molecule has 0 saturated heterocycles. The third-order valence-corrected chi connectivity index (χ3v) is 5.47. The van der Waals surface area contributed by atoms with Gasteiger partial charge in [0.25, 0.3) is 0 Å². The molecule has 1 aromatic carbocycles. The minimum atomic E-state index is -0.884. The minimum Gasteiger partial charge on any atom is -0.337 e. The number of amides is 1. The van der Waals surface area contributed by atoms with Gasteiger partial charge in [-0.05, 0) is 44.0 Å². The Morgan fingerprint density at radius 3 is 2.58 bits per heavy atom. The number of aromatic nitrogens is 3. The Labute approximate surface area is 162 Å². The summed E-state index contributed by atoms with van der Waals surface area (Å²) in [6, 6.07) is 9.57. The topological polar surface area (TPSA) is 83.6 Å². The molecule has 1 atom stereocenters. The second-order valence-electron chi connectivity index (χ2n) is 6.36. The summed E-state index contributed by atoms with van der Waals surface area (Å²) in [4.78, 5) is 12.3. The van der Waals surface area contributed by atoms with Crippen molar-refractivity contribution in [2.45, 2.75) is 44.9 Å². The predicted octanol–water partition coefficient (Wildman–Crippen LogP) is 3.76. The molecule has 0 radical (unpaired) electrons. The standard InChI is InChI=1S/C18H22ClN5OS/c1-5-24-16(13-6-8-14(19)9-7-13)22-23-17(24)26-10-15(25)21-18(4,11-20)12(2)3/h6-9,12H,5,10H2,1-4H3,(H,21,25)/t18-/m1/s1. The van der Waals surface area contributed by atoms with Crippen molar-refractivity contribution < 1.29 is 4.79 Å². The maximum atomic E-state index is 12.3. The molecule has 0 aliphatic carbocycles. The van der Waals surface area contributed by atoms with E-state index < -0.39 is 5.54 Å². The molecule has 1 amide bonds. The molecule has 26 heavy (non-hydrogen) atoms. The molecule has 0 unspecified atom stereocenters. The molecule has 0 spiro atoms. The Hall–Kier alpha value is -2.04. The number of nitrogens with one attached hydrogen (secondary N) is 1. The molecule has 0 saturated carbocycles. The van der Waals surface area contributed by atoms with Gasteiger partial charge in [-0.25, -0.2) is 0 Å². The lowest BCUT2D eigenvalue weighted by Gasteiger charge is -2.27. The number of carbonyl (C=O) groups excluding carboxylic acids is 1. The van der Waals surface area contributed by atoms with E-state index in [0.717, 1.165) is 11.4 Å². The second-order valence-corrected chi connectivity index (χ2v) is 7.74. The molecule has 0 bridgehead atoms. The minimum absolute atomic E-state index is 0.0113. The number of halogens is 1. The Morgan fingerprint density at radius 1 is 1.38 bits per heavy atom. The highest BCUT2D eigenvalue weighted by Crippen LogP contribution is 2.25. The smallest absolute Gasteiger partial charge is 0.231 e. The van der Waals surface area contributed by atoms with Gasteiger partial charge in [0.1, 0.15) is 5.54 Å². The quantitative estimate of drug-likeness (QED) is 0.726. The average Bonchev–Trinajstić information content (AvgIpc) is 3.03. The van der Waals surface area contributed by atoms with Crippen LogP contribution in [0, 0.1) is 17.2 Å². The zero-order valence-corrected chi connectivity index (χ0v) is 16.9. The molecule has 0 aliphatic rings. The molecule has 2 rings (SSSR count). The number of hydrogen-bond donors (Lipinski definition) is 1. The first-order valence-corrected chi connectivity index (χ1v) is 9.71. The van der Waals surface area contributed by atoms with Crippen LogP contribution in [0.1, 0.15) is 27.7 Å². The van der Waals surface area contributed by atoms with Crippen molar-refractivity contribution in [3.63, 3.8) is 0 Å². The van der Waals surface area contributed by atoms with E-state index in [2.05, 4.69) is 21.6 Å². The van der Waals surface area contributed by atoms with Gasteiger partial charge in [0, 0.05) is 17.1 Å². The fourth-order valence-corrected chi connectivity index (χ4v) is 3.18. The number of hydrogen-bond acceptors (Lipinski definition) is 5. The number of nitriles is 1. The van der Waals surface area contributed by atoms with Gasteiger partial charge >= 0.3 is 0 Å². The van der Waals surface area contributed by atoms with Gasteiger partial charge in [0.15, 0.2) is 11.0 Å². The summed E-state index contributed by atoms with van der Waals surface area (Å²) in [5.74, 6) is 0.711. The number of rotatable bonds is 7. The van der Waals surface area contributed by atoms with Crippen molar-refractivity contribution >= 4 is 29.3 Å². The molecule has 6 nitrogen and oxygen atoms in total. The molecule has 0 fully saturated rings. The highest BCUT2D eigenvalue weighted by Gasteiger charge is 2.30. The van der Waals surface area contributed by atoms with E-state index in [0.29, 0.717) is 16.7 Å². The van der Waals surface area contributed by atoms with E-state index in [1.807, 2.05) is 37.5 Å². The van der Waals surface area contributed by atoms with Gasteiger partial charge in [-0.1, -0.05) is 37.2 Å². The summed E-state index contributed by atoms with van der Waals surface area (Å²) in [6.07, 6.45) is 0. The maximum absolute atomic E-state index is 12.3. The van der Waals surface area contributed by atoms with Gasteiger partial charge in [-0.3, -0.25) is 4.79 Å². The maximum Gasteiger partial charge on any atom is 0.231 e. The van der Waals surface area contributed by atoms with Gasteiger partial charge < -0.3 is 9.88 Å². The summed E-state index contributed by atoms with van der Waals surface area (Å²) >= 11 is 7.24. The van der Waals surface area contributed by atoms with Gasteiger partial charge in [0.2, 0.25) is 5.91 Å². The summed E-state index contributed by atoms with van der Waals surface area (Å²) in [5.41, 5.74) is 0.0294. The monoisotopic (exact) mass is 391 g/mol. The van der Waals surface area contributed by atoms with E-state index in [-0.39, 0.29) is 17.6 Å². The van der Waals surface area contributed by atoms with Crippen molar-refractivity contribution in [1.82, 2.24) is 20.1 Å². The van der Waals surface area contributed by atoms with Crippen LogP contribution in [0.15, 0.2) is 29.4 Å². The van der Waals surface area contributed by atoms with Crippen LogP contribution in [0.2, 0.25) is 5.02 Å². The third-order valence-electron chi connectivity index (χ3n) is 4.25. The first kappa shape index (κ1) is 20.3. The van der Waals surface area contributed by atoms with Crippen LogP contribution in [0.4, 0.5) is 0 Å². The highest BCUT2D eigenvalue weighted by atomic mass is 35.5. The number of carbonyl (C=O) groups is 1.